The van der Waals surface area contributed by atoms with Crippen LogP contribution in [0.1, 0.15) is 5.56 Å². The van der Waals surface area contributed by atoms with Crippen LogP contribution in [0, 0.1) is 0 Å². The van der Waals surface area contributed by atoms with Crippen molar-refractivity contribution in [3.63, 3.8) is 0 Å². The Kier molecular flexibility index (Phi) is 7.52. The van der Waals surface area contributed by atoms with Gasteiger partial charge in [0.05, 0.1) is 7.11 Å². The maximum Gasteiger partial charge on any atom is 0.166 e. The number of hydrogen-bond acceptors (Lipinski definition) is 3. The second-order valence-electron chi connectivity index (χ2n) is 4.76. The largest absolute Gasteiger partial charge is 0.497 e. The van der Waals surface area contributed by atoms with Crippen molar-refractivity contribution in [3.8, 4) is 5.75 Å². The van der Waals surface area contributed by atoms with Gasteiger partial charge < -0.3 is 15.4 Å². The quantitative estimate of drug-likeness (QED) is 0.438. The summed E-state index contributed by atoms with van der Waals surface area (Å²) in [5.41, 5.74) is 1.16. The second-order valence-corrected chi connectivity index (χ2v) is 6.77. The molecular formula is C17H19ClN2OS2. The molecule has 0 radical (unpaired) electrons. The van der Waals surface area contributed by atoms with Gasteiger partial charge in [0.2, 0.25) is 0 Å². The molecule has 0 aliphatic rings. The van der Waals surface area contributed by atoms with Crippen LogP contribution in [0.3, 0.4) is 0 Å². The number of halogens is 1. The van der Waals surface area contributed by atoms with E-state index in [-0.39, 0.29) is 0 Å². The Bertz CT molecular complexity index is 617. The van der Waals surface area contributed by atoms with E-state index in [0.717, 1.165) is 28.6 Å². The SMILES string of the molecule is COc1ccc(CNC(=S)NCCSc2ccc(Cl)cc2)cc1. The molecule has 0 aromatic heterocycles. The monoisotopic (exact) mass is 366 g/mol. The van der Waals surface area contributed by atoms with Crippen LogP contribution in [-0.2, 0) is 6.54 Å². The summed E-state index contributed by atoms with van der Waals surface area (Å²) in [6, 6.07) is 15.8. The van der Waals surface area contributed by atoms with E-state index < -0.39 is 0 Å². The summed E-state index contributed by atoms with van der Waals surface area (Å²) in [4.78, 5) is 1.20. The van der Waals surface area contributed by atoms with E-state index in [4.69, 9.17) is 28.6 Å². The molecule has 0 heterocycles. The molecule has 2 rings (SSSR count). The van der Waals surface area contributed by atoms with Crippen LogP contribution in [0.2, 0.25) is 5.02 Å². The van der Waals surface area contributed by atoms with Crippen LogP contribution in [0.5, 0.6) is 5.75 Å². The van der Waals surface area contributed by atoms with Gasteiger partial charge in [0.25, 0.3) is 0 Å². The first-order valence-corrected chi connectivity index (χ1v) is 8.97. The van der Waals surface area contributed by atoms with Crippen LogP contribution >= 0.6 is 35.6 Å². The molecule has 2 N–H and O–H groups in total. The Balaban J connectivity index is 1.62. The second kappa shape index (κ2) is 9.65. The van der Waals surface area contributed by atoms with Crippen molar-refractivity contribution in [3.05, 3.63) is 59.1 Å². The summed E-state index contributed by atoms with van der Waals surface area (Å²) >= 11 is 12.9. The molecule has 0 aliphatic carbocycles. The molecule has 0 unspecified atom stereocenters. The van der Waals surface area contributed by atoms with Crippen LogP contribution in [0.4, 0.5) is 0 Å². The van der Waals surface area contributed by atoms with Gasteiger partial charge in [-0.05, 0) is 54.2 Å². The maximum absolute atomic E-state index is 5.86. The van der Waals surface area contributed by atoms with Crippen LogP contribution in [0.15, 0.2) is 53.4 Å². The van der Waals surface area contributed by atoms with Crippen LogP contribution in [-0.4, -0.2) is 24.5 Å². The molecule has 0 aliphatic heterocycles. The number of rotatable bonds is 7. The van der Waals surface area contributed by atoms with Gasteiger partial charge in [-0.3, -0.25) is 0 Å². The molecule has 0 spiro atoms. The van der Waals surface area contributed by atoms with Gasteiger partial charge in [-0.2, -0.15) is 0 Å². The zero-order valence-electron chi connectivity index (χ0n) is 12.8. The van der Waals surface area contributed by atoms with Gasteiger partial charge in [-0.15, -0.1) is 11.8 Å². The summed E-state index contributed by atoms with van der Waals surface area (Å²) in [6.07, 6.45) is 0. The highest BCUT2D eigenvalue weighted by Gasteiger charge is 1.98. The average Bonchev–Trinajstić information content (AvgIpc) is 2.59. The predicted octanol–water partition coefficient (Wildman–Crippen LogP) is 4.11. The van der Waals surface area contributed by atoms with Gasteiger partial charge in [-0.25, -0.2) is 0 Å². The zero-order chi connectivity index (χ0) is 16.5. The zero-order valence-corrected chi connectivity index (χ0v) is 15.2. The molecule has 2 aromatic carbocycles. The Morgan fingerprint density at radius 2 is 1.78 bits per heavy atom. The van der Waals surface area contributed by atoms with Crippen molar-refractivity contribution < 1.29 is 4.74 Å². The van der Waals surface area contributed by atoms with E-state index in [1.165, 1.54) is 4.90 Å². The number of ether oxygens (including phenoxy) is 1. The number of methoxy groups -OCH3 is 1. The Morgan fingerprint density at radius 1 is 1.09 bits per heavy atom. The van der Waals surface area contributed by atoms with E-state index >= 15 is 0 Å². The van der Waals surface area contributed by atoms with E-state index in [1.54, 1.807) is 18.9 Å². The number of nitrogens with one attached hydrogen (secondary N) is 2. The molecule has 0 saturated heterocycles. The number of hydrogen-bond donors (Lipinski definition) is 2. The minimum atomic E-state index is 0.664. The highest BCUT2D eigenvalue weighted by Crippen LogP contribution is 2.19. The van der Waals surface area contributed by atoms with Crippen molar-refractivity contribution in [1.29, 1.82) is 0 Å². The van der Waals surface area contributed by atoms with Crippen molar-refractivity contribution in [2.45, 2.75) is 11.4 Å². The lowest BCUT2D eigenvalue weighted by atomic mass is 10.2. The van der Waals surface area contributed by atoms with Gasteiger partial charge in [0.15, 0.2) is 5.11 Å². The third-order valence-electron chi connectivity index (χ3n) is 3.08. The van der Waals surface area contributed by atoms with Gasteiger partial charge in [0, 0.05) is 28.8 Å². The smallest absolute Gasteiger partial charge is 0.166 e. The third-order valence-corrected chi connectivity index (χ3v) is 4.64. The number of benzene rings is 2. The fraction of sp³-hybridized carbons (Fsp3) is 0.235. The molecular weight excluding hydrogens is 348 g/mol. The number of thiocarbonyl (C=S) groups is 1. The lowest BCUT2D eigenvalue weighted by molar-refractivity contribution is 0.414. The van der Waals surface area contributed by atoms with Crippen molar-refractivity contribution >= 4 is 40.7 Å². The van der Waals surface area contributed by atoms with Crippen LogP contribution < -0.4 is 15.4 Å². The summed E-state index contributed by atoms with van der Waals surface area (Å²) in [5.74, 6) is 1.79. The van der Waals surface area contributed by atoms with Crippen molar-refractivity contribution in [2.24, 2.45) is 0 Å². The maximum atomic E-state index is 5.86. The summed E-state index contributed by atoms with van der Waals surface area (Å²) < 4.78 is 5.14. The minimum absolute atomic E-state index is 0.664. The summed E-state index contributed by atoms with van der Waals surface area (Å²) in [6.45, 7) is 1.50. The van der Waals surface area contributed by atoms with Crippen molar-refractivity contribution in [2.75, 3.05) is 19.4 Å². The Morgan fingerprint density at radius 3 is 2.43 bits per heavy atom. The first-order chi connectivity index (χ1) is 11.2. The summed E-state index contributed by atoms with van der Waals surface area (Å²) in [5, 5.41) is 7.83. The van der Waals surface area contributed by atoms with E-state index in [1.807, 2.05) is 48.5 Å². The Labute approximate surface area is 151 Å². The minimum Gasteiger partial charge on any atom is -0.497 e. The van der Waals surface area contributed by atoms with E-state index in [0.29, 0.717) is 11.7 Å². The number of thioether (sulfide) groups is 1. The standard InChI is InChI=1S/C17H19ClN2OS2/c1-21-15-6-2-13(3-7-15)12-20-17(22)19-10-11-23-16-8-4-14(18)5-9-16/h2-9H,10-12H2,1H3,(H2,19,20,22). The van der Waals surface area contributed by atoms with E-state index in [9.17, 15) is 0 Å². The van der Waals surface area contributed by atoms with E-state index in [2.05, 4.69) is 10.6 Å². The fourth-order valence-corrected chi connectivity index (χ4v) is 2.92. The Hall–Kier alpha value is -1.43. The molecule has 6 heteroatoms. The topological polar surface area (TPSA) is 33.3 Å². The molecule has 0 atom stereocenters. The first-order valence-electron chi connectivity index (χ1n) is 7.20. The first kappa shape index (κ1) is 17.9. The average molecular weight is 367 g/mol. The molecule has 2 aromatic rings. The lowest BCUT2D eigenvalue weighted by Crippen LogP contribution is -2.35. The van der Waals surface area contributed by atoms with Gasteiger partial charge in [0.1, 0.15) is 5.75 Å². The van der Waals surface area contributed by atoms with Gasteiger partial charge >= 0.3 is 0 Å². The predicted molar refractivity (Wildman–Crippen MR) is 103 cm³/mol. The highest BCUT2D eigenvalue weighted by molar-refractivity contribution is 7.99. The third kappa shape index (κ3) is 6.69. The molecule has 122 valence electrons. The molecule has 0 fully saturated rings. The molecule has 23 heavy (non-hydrogen) atoms. The van der Waals surface area contributed by atoms with Crippen molar-refractivity contribution in [1.82, 2.24) is 10.6 Å². The lowest BCUT2D eigenvalue weighted by Gasteiger charge is -2.11. The van der Waals surface area contributed by atoms with Gasteiger partial charge in [-0.1, -0.05) is 23.7 Å². The summed E-state index contributed by atoms with van der Waals surface area (Å²) in [7, 11) is 1.66. The van der Waals surface area contributed by atoms with Crippen LogP contribution in [0.25, 0.3) is 0 Å². The molecule has 0 saturated carbocycles. The molecule has 0 bridgehead atoms. The normalized spacial score (nSPS) is 10.2. The molecule has 0 amide bonds. The highest BCUT2D eigenvalue weighted by atomic mass is 35.5. The fourth-order valence-electron chi connectivity index (χ4n) is 1.85. The molecule has 3 nitrogen and oxygen atoms in total.